The molecule has 0 saturated carbocycles. The minimum absolute atomic E-state index is 0.0697. The summed E-state index contributed by atoms with van der Waals surface area (Å²) in [6.45, 7) is 1.86. The second-order valence-corrected chi connectivity index (χ2v) is 9.26. The molecule has 1 aromatic heterocycles. The summed E-state index contributed by atoms with van der Waals surface area (Å²) >= 11 is 11.6. The molecular weight excluding hydrogens is 438 g/mol. The Balaban J connectivity index is 1.68. The Morgan fingerprint density at radius 1 is 1.24 bits per heavy atom. The zero-order valence-corrected chi connectivity index (χ0v) is 17.2. The first-order valence-electron chi connectivity index (χ1n) is 7.41. The van der Waals surface area contributed by atoms with Crippen molar-refractivity contribution in [1.82, 2.24) is 9.78 Å². The van der Waals surface area contributed by atoms with Crippen molar-refractivity contribution in [3.8, 4) is 5.69 Å². The largest absolute Gasteiger partial charge is 0.325 e. The number of thioether (sulfide) groups is 1. The molecular formula is C17H14BrN3OS3. The van der Waals surface area contributed by atoms with E-state index in [1.807, 2.05) is 61.5 Å². The second kappa shape index (κ2) is 8.27. The lowest BCUT2D eigenvalue weighted by molar-refractivity contribution is -0.115. The first-order valence-corrected chi connectivity index (χ1v) is 10.3. The topological polar surface area (TPSA) is 46.9 Å². The van der Waals surface area contributed by atoms with Crippen molar-refractivity contribution in [2.24, 2.45) is 0 Å². The van der Waals surface area contributed by atoms with E-state index in [4.69, 9.17) is 12.2 Å². The van der Waals surface area contributed by atoms with Crippen molar-refractivity contribution >= 4 is 62.8 Å². The molecule has 0 spiro atoms. The van der Waals surface area contributed by atoms with Gasteiger partial charge in [-0.05, 0) is 55.5 Å². The fraction of sp³-hybridized carbons (Fsp3) is 0.118. The van der Waals surface area contributed by atoms with Gasteiger partial charge < -0.3 is 5.32 Å². The van der Waals surface area contributed by atoms with Gasteiger partial charge in [-0.15, -0.1) is 5.10 Å². The van der Waals surface area contributed by atoms with Gasteiger partial charge in [0.2, 0.25) is 5.91 Å². The molecule has 1 heterocycles. The summed E-state index contributed by atoms with van der Waals surface area (Å²) in [5.41, 5.74) is 1.69. The molecule has 0 saturated heterocycles. The molecule has 0 bridgehead atoms. The fourth-order valence-corrected chi connectivity index (χ4v) is 4.79. The van der Waals surface area contributed by atoms with Crippen LogP contribution in [0.5, 0.6) is 0 Å². The maximum Gasteiger partial charge on any atom is 0.237 e. The number of rotatable bonds is 5. The lowest BCUT2D eigenvalue weighted by Gasteiger charge is -2.10. The van der Waals surface area contributed by atoms with Gasteiger partial charge in [0.1, 0.15) is 0 Å². The summed E-state index contributed by atoms with van der Waals surface area (Å²) in [7, 11) is 0. The van der Waals surface area contributed by atoms with E-state index in [1.54, 1.807) is 4.68 Å². The molecule has 0 fully saturated rings. The third-order valence-electron chi connectivity index (χ3n) is 3.29. The number of nitrogens with zero attached hydrogens (tertiary/aromatic N) is 2. The Labute approximate surface area is 167 Å². The molecule has 25 heavy (non-hydrogen) atoms. The highest BCUT2D eigenvalue weighted by atomic mass is 79.9. The molecule has 2 aromatic carbocycles. The van der Waals surface area contributed by atoms with Gasteiger partial charge in [-0.3, -0.25) is 4.79 Å². The second-order valence-electron chi connectivity index (χ2n) is 5.14. The van der Waals surface area contributed by atoms with Crippen LogP contribution in [-0.2, 0) is 4.79 Å². The number of anilines is 1. The highest BCUT2D eigenvalue weighted by Crippen LogP contribution is 2.28. The SMILES string of the molecule is C[C@@H](Sc1nn(-c2ccccc2)c(=S)s1)C(=O)Nc1ccc(Br)cc1. The van der Waals surface area contributed by atoms with Crippen molar-refractivity contribution in [1.29, 1.82) is 0 Å². The number of halogens is 1. The fourth-order valence-electron chi connectivity index (χ4n) is 2.02. The predicted octanol–water partition coefficient (Wildman–Crippen LogP) is 5.55. The van der Waals surface area contributed by atoms with Crippen LogP contribution in [0.3, 0.4) is 0 Å². The lowest BCUT2D eigenvalue weighted by atomic mass is 10.3. The normalized spacial score (nSPS) is 11.9. The Kier molecular flexibility index (Phi) is 6.06. The van der Waals surface area contributed by atoms with E-state index in [1.165, 1.54) is 23.1 Å². The number of nitrogens with one attached hydrogen (secondary N) is 1. The van der Waals surface area contributed by atoms with E-state index in [0.717, 1.165) is 20.2 Å². The summed E-state index contributed by atoms with van der Waals surface area (Å²) in [5, 5.41) is 7.15. The minimum Gasteiger partial charge on any atom is -0.325 e. The van der Waals surface area contributed by atoms with E-state index in [0.29, 0.717) is 3.95 Å². The van der Waals surface area contributed by atoms with E-state index in [9.17, 15) is 4.79 Å². The molecule has 3 rings (SSSR count). The summed E-state index contributed by atoms with van der Waals surface area (Å²) < 4.78 is 4.13. The van der Waals surface area contributed by atoms with Crippen molar-refractivity contribution in [3.05, 3.63) is 63.0 Å². The van der Waals surface area contributed by atoms with Crippen molar-refractivity contribution in [2.75, 3.05) is 5.32 Å². The van der Waals surface area contributed by atoms with E-state index in [-0.39, 0.29) is 11.2 Å². The number of aromatic nitrogens is 2. The molecule has 0 radical (unpaired) electrons. The Morgan fingerprint density at radius 2 is 1.92 bits per heavy atom. The average molecular weight is 452 g/mol. The monoisotopic (exact) mass is 451 g/mol. The summed E-state index contributed by atoms with van der Waals surface area (Å²) in [6, 6.07) is 17.2. The zero-order valence-electron chi connectivity index (χ0n) is 13.2. The molecule has 0 aliphatic heterocycles. The first-order chi connectivity index (χ1) is 12.0. The third kappa shape index (κ3) is 4.78. The molecule has 1 N–H and O–H groups in total. The molecule has 1 atom stereocenters. The summed E-state index contributed by atoms with van der Waals surface area (Å²) in [6.07, 6.45) is 0. The molecule has 128 valence electrons. The number of carbonyl (C=O) groups excluding carboxylic acids is 1. The Morgan fingerprint density at radius 3 is 2.60 bits per heavy atom. The smallest absolute Gasteiger partial charge is 0.237 e. The van der Waals surface area contributed by atoms with Crippen LogP contribution in [0.15, 0.2) is 63.4 Å². The molecule has 3 aromatic rings. The van der Waals surface area contributed by atoms with Gasteiger partial charge in [-0.1, -0.05) is 57.2 Å². The molecule has 0 unspecified atom stereocenters. The van der Waals surface area contributed by atoms with Crippen LogP contribution in [0, 0.1) is 3.95 Å². The number of hydrogen-bond acceptors (Lipinski definition) is 5. The quantitative estimate of drug-likeness (QED) is 0.408. The Hall–Kier alpha value is -1.48. The highest BCUT2D eigenvalue weighted by Gasteiger charge is 2.17. The molecule has 4 nitrogen and oxygen atoms in total. The number of amides is 1. The number of carbonyl (C=O) groups is 1. The molecule has 8 heteroatoms. The first kappa shape index (κ1) is 18.3. The van der Waals surface area contributed by atoms with E-state index >= 15 is 0 Å². The number of para-hydroxylation sites is 1. The van der Waals surface area contributed by atoms with Gasteiger partial charge in [0.05, 0.1) is 10.9 Å². The summed E-state index contributed by atoms with van der Waals surface area (Å²) in [4.78, 5) is 12.4. The van der Waals surface area contributed by atoms with Crippen LogP contribution >= 0.6 is 51.2 Å². The maximum absolute atomic E-state index is 12.4. The molecule has 0 aliphatic carbocycles. The minimum atomic E-state index is -0.284. The number of benzene rings is 2. The third-order valence-corrected chi connectivity index (χ3v) is 6.23. The number of hydrogen-bond donors (Lipinski definition) is 1. The van der Waals surface area contributed by atoms with Crippen LogP contribution in [0.2, 0.25) is 0 Å². The van der Waals surface area contributed by atoms with Crippen LogP contribution in [0.25, 0.3) is 5.69 Å². The van der Waals surface area contributed by atoms with Crippen LogP contribution in [-0.4, -0.2) is 20.9 Å². The van der Waals surface area contributed by atoms with Crippen molar-refractivity contribution in [3.63, 3.8) is 0 Å². The van der Waals surface area contributed by atoms with E-state index in [2.05, 4.69) is 26.3 Å². The van der Waals surface area contributed by atoms with Crippen LogP contribution < -0.4 is 5.32 Å². The maximum atomic E-state index is 12.4. The average Bonchev–Trinajstić information content (AvgIpc) is 2.98. The molecule has 1 amide bonds. The van der Waals surface area contributed by atoms with Gasteiger partial charge in [0, 0.05) is 10.2 Å². The van der Waals surface area contributed by atoms with Gasteiger partial charge in [-0.25, -0.2) is 4.68 Å². The highest BCUT2D eigenvalue weighted by molar-refractivity contribution is 9.10. The predicted molar refractivity (Wildman–Crippen MR) is 110 cm³/mol. The lowest BCUT2D eigenvalue weighted by Crippen LogP contribution is -2.22. The van der Waals surface area contributed by atoms with Gasteiger partial charge in [0.15, 0.2) is 8.29 Å². The summed E-state index contributed by atoms with van der Waals surface area (Å²) in [5.74, 6) is -0.0697. The Bertz CT molecular complexity index is 922. The van der Waals surface area contributed by atoms with Gasteiger partial charge >= 0.3 is 0 Å². The van der Waals surface area contributed by atoms with Crippen molar-refractivity contribution in [2.45, 2.75) is 16.5 Å². The van der Waals surface area contributed by atoms with Gasteiger partial charge in [0.25, 0.3) is 0 Å². The standard InChI is InChI=1S/C17H14BrN3OS3/c1-11(15(22)19-13-9-7-12(18)8-10-13)24-16-20-21(17(23)25-16)14-5-3-2-4-6-14/h2-11H,1H3,(H,19,22)/t11-/m1/s1. The van der Waals surface area contributed by atoms with Gasteiger partial charge in [-0.2, -0.15) is 0 Å². The van der Waals surface area contributed by atoms with Crippen LogP contribution in [0.4, 0.5) is 5.69 Å². The zero-order chi connectivity index (χ0) is 17.8. The molecule has 0 aliphatic rings. The van der Waals surface area contributed by atoms with Crippen molar-refractivity contribution < 1.29 is 4.79 Å². The van der Waals surface area contributed by atoms with Crippen LogP contribution in [0.1, 0.15) is 6.92 Å². The van der Waals surface area contributed by atoms with E-state index < -0.39 is 0 Å².